The highest BCUT2D eigenvalue weighted by Gasteiger charge is 2.03. The Morgan fingerprint density at radius 2 is 0.708 bits per heavy atom. The van der Waals surface area contributed by atoms with E-state index < -0.39 is 18.5 Å². The van der Waals surface area contributed by atoms with Crippen molar-refractivity contribution < 1.29 is 62.1 Å². The summed E-state index contributed by atoms with van der Waals surface area (Å²) < 4.78 is 54.0. The number of carbonyl (C=O) groups is 2. The molecule has 48 heavy (non-hydrogen) atoms. The highest BCUT2D eigenvalue weighted by atomic mass is 16.6. The molecule has 0 aliphatic carbocycles. The normalized spacial score (nSPS) is 11.4. The van der Waals surface area contributed by atoms with Crippen LogP contribution in [0.1, 0.15) is 71.1 Å². The van der Waals surface area contributed by atoms with Gasteiger partial charge in [-0.2, -0.15) is 0 Å². The molecule has 14 heteroatoms. The van der Waals surface area contributed by atoms with Gasteiger partial charge in [0, 0.05) is 13.2 Å². The maximum Gasteiger partial charge on any atom is 0.329 e. The fourth-order valence-corrected chi connectivity index (χ4v) is 4.10. The molecule has 0 aliphatic heterocycles. The Morgan fingerprint density at radius 3 is 1.06 bits per heavy atom. The van der Waals surface area contributed by atoms with Gasteiger partial charge in [0.15, 0.2) is 0 Å². The number of amides is 1. The summed E-state index contributed by atoms with van der Waals surface area (Å²) in [6, 6.07) is 0. The van der Waals surface area contributed by atoms with Crippen LogP contribution in [0.15, 0.2) is 0 Å². The standard InChI is InChI=1S/C34H67NO13/c1-2-3-4-5-6-7-8-9-10-11-13-39-15-17-41-19-21-43-23-25-45-27-29-47-30-28-46-26-24-44-22-20-42-18-16-40-14-12-35-33(36)31-48-32-34(37)38/h2-32H2,1H3,(H,35,36)(H,37,38). The number of carboxylic acid groups (broad SMARTS) is 1. The molecule has 0 unspecified atom stereocenters. The predicted molar refractivity (Wildman–Crippen MR) is 181 cm³/mol. The monoisotopic (exact) mass is 697 g/mol. The molecular formula is C34H67NO13. The van der Waals surface area contributed by atoms with E-state index in [-0.39, 0.29) is 6.61 Å². The van der Waals surface area contributed by atoms with Crippen LogP contribution in [-0.4, -0.2) is 156 Å². The first-order valence-corrected chi connectivity index (χ1v) is 17.9. The number of hydrogen-bond donors (Lipinski definition) is 2. The molecule has 2 N–H and O–H groups in total. The van der Waals surface area contributed by atoms with E-state index in [1.165, 1.54) is 57.8 Å². The summed E-state index contributed by atoms with van der Waals surface area (Å²) in [6.07, 6.45) is 13.3. The lowest BCUT2D eigenvalue weighted by Gasteiger charge is -2.09. The number of carboxylic acids is 1. The van der Waals surface area contributed by atoms with Crippen molar-refractivity contribution >= 4 is 11.9 Å². The Hall–Kier alpha value is -1.46. The van der Waals surface area contributed by atoms with Crippen LogP contribution in [0.3, 0.4) is 0 Å². The van der Waals surface area contributed by atoms with Crippen LogP contribution in [0, 0.1) is 0 Å². The molecule has 0 radical (unpaired) electrons. The summed E-state index contributed by atoms with van der Waals surface area (Å²) in [5, 5.41) is 11.0. The second-order valence-corrected chi connectivity index (χ2v) is 10.9. The summed E-state index contributed by atoms with van der Waals surface area (Å²) >= 11 is 0. The molecule has 0 atom stereocenters. The molecule has 0 saturated carbocycles. The third-order valence-electron chi connectivity index (χ3n) is 6.65. The molecule has 0 aliphatic rings. The zero-order valence-electron chi connectivity index (χ0n) is 29.8. The van der Waals surface area contributed by atoms with E-state index >= 15 is 0 Å². The number of rotatable bonds is 42. The third-order valence-corrected chi connectivity index (χ3v) is 6.65. The van der Waals surface area contributed by atoms with E-state index in [1.54, 1.807) is 0 Å². The van der Waals surface area contributed by atoms with E-state index in [4.69, 9.17) is 47.7 Å². The number of hydrogen-bond acceptors (Lipinski definition) is 12. The summed E-state index contributed by atoms with van der Waals surface area (Å²) in [7, 11) is 0. The van der Waals surface area contributed by atoms with E-state index in [0.717, 1.165) is 13.0 Å². The second-order valence-electron chi connectivity index (χ2n) is 10.9. The molecule has 0 bridgehead atoms. The second kappa shape index (κ2) is 41.7. The molecule has 0 aromatic heterocycles. The molecule has 1 amide bonds. The number of nitrogens with one attached hydrogen (secondary N) is 1. The van der Waals surface area contributed by atoms with E-state index in [9.17, 15) is 9.59 Å². The third kappa shape index (κ3) is 42.6. The van der Waals surface area contributed by atoms with Crippen molar-refractivity contribution in [3.05, 3.63) is 0 Å². The lowest BCUT2D eigenvalue weighted by molar-refractivity contribution is -0.143. The lowest BCUT2D eigenvalue weighted by Crippen LogP contribution is -2.31. The van der Waals surface area contributed by atoms with Crippen LogP contribution in [-0.2, 0) is 57.0 Å². The number of carbonyl (C=O) groups excluding carboxylic acids is 1. The predicted octanol–water partition coefficient (Wildman–Crippen LogP) is 3.27. The first kappa shape index (κ1) is 46.5. The zero-order chi connectivity index (χ0) is 34.9. The van der Waals surface area contributed by atoms with Crippen molar-refractivity contribution in [2.24, 2.45) is 0 Å². The van der Waals surface area contributed by atoms with E-state index in [1.807, 2.05) is 0 Å². The SMILES string of the molecule is CCCCCCCCCCCCOCCOCCOCCOCCOCCOCCOCCOCCOCCNC(=O)COCC(=O)O. The van der Waals surface area contributed by atoms with Crippen LogP contribution in [0.2, 0.25) is 0 Å². The number of unbranched alkanes of at least 4 members (excludes halogenated alkanes) is 9. The Kier molecular flexibility index (Phi) is 40.4. The molecular weight excluding hydrogens is 630 g/mol. The molecule has 0 rings (SSSR count). The Morgan fingerprint density at radius 1 is 0.396 bits per heavy atom. The van der Waals surface area contributed by atoms with Crippen molar-refractivity contribution in [1.82, 2.24) is 5.32 Å². The molecule has 0 heterocycles. The molecule has 0 aromatic rings. The van der Waals surface area contributed by atoms with Gasteiger partial charge >= 0.3 is 5.97 Å². The maximum absolute atomic E-state index is 11.4. The minimum atomic E-state index is -1.12. The highest BCUT2D eigenvalue weighted by molar-refractivity contribution is 5.77. The van der Waals surface area contributed by atoms with Crippen molar-refractivity contribution in [3.63, 3.8) is 0 Å². The summed E-state index contributed by atoms with van der Waals surface area (Å²) in [4.78, 5) is 21.7. The molecule has 0 saturated heterocycles. The number of aliphatic carboxylic acids is 1. The van der Waals surface area contributed by atoms with Gasteiger partial charge in [-0.25, -0.2) is 4.79 Å². The van der Waals surface area contributed by atoms with E-state index in [2.05, 4.69) is 17.0 Å². The first-order valence-electron chi connectivity index (χ1n) is 17.9. The van der Waals surface area contributed by atoms with Gasteiger partial charge in [0.25, 0.3) is 0 Å². The fraction of sp³-hybridized carbons (Fsp3) is 0.941. The van der Waals surface area contributed by atoms with Gasteiger partial charge in [-0.05, 0) is 6.42 Å². The van der Waals surface area contributed by atoms with Gasteiger partial charge in [0.05, 0.1) is 112 Å². The van der Waals surface area contributed by atoms with Crippen LogP contribution >= 0.6 is 0 Å². The summed E-state index contributed by atoms with van der Waals surface area (Å²) in [6.45, 7) is 10.9. The van der Waals surface area contributed by atoms with Crippen molar-refractivity contribution in [2.45, 2.75) is 71.1 Å². The molecule has 0 aromatic carbocycles. The Labute approximate surface area is 289 Å². The summed E-state index contributed by atoms with van der Waals surface area (Å²) in [5.41, 5.74) is 0. The molecule has 0 spiro atoms. The van der Waals surface area contributed by atoms with Crippen LogP contribution in [0.4, 0.5) is 0 Å². The van der Waals surface area contributed by atoms with Gasteiger partial charge in [0.1, 0.15) is 13.2 Å². The minimum absolute atomic E-state index is 0.297. The molecule has 14 nitrogen and oxygen atoms in total. The van der Waals surface area contributed by atoms with Gasteiger partial charge in [-0.3, -0.25) is 4.79 Å². The van der Waals surface area contributed by atoms with Crippen molar-refractivity contribution in [2.75, 3.05) is 139 Å². The summed E-state index contributed by atoms with van der Waals surface area (Å²) in [5.74, 6) is -1.51. The van der Waals surface area contributed by atoms with Crippen molar-refractivity contribution in [3.8, 4) is 0 Å². The molecule has 286 valence electrons. The zero-order valence-corrected chi connectivity index (χ0v) is 29.8. The van der Waals surface area contributed by atoms with Gasteiger partial charge < -0.3 is 57.8 Å². The van der Waals surface area contributed by atoms with Crippen LogP contribution in [0.5, 0.6) is 0 Å². The topological polar surface area (TPSA) is 159 Å². The Bertz CT molecular complexity index is 661. The quantitative estimate of drug-likeness (QED) is 0.0897. The van der Waals surface area contributed by atoms with Gasteiger partial charge in [-0.1, -0.05) is 64.7 Å². The number of ether oxygens (including phenoxy) is 10. The van der Waals surface area contributed by atoms with Crippen LogP contribution in [0.25, 0.3) is 0 Å². The highest BCUT2D eigenvalue weighted by Crippen LogP contribution is 2.10. The average molecular weight is 698 g/mol. The van der Waals surface area contributed by atoms with Crippen LogP contribution < -0.4 is 5.32 Å². The lowest BCUT2D eigenvalue weighted by atomic mass is 10.1. The van der Waals surface area contributed by atoms with Gasteiger partial charge in [0.2, 0.25) is 5.91 Å². The Balaban J connectivity index is 3.08. The average Bonchev–Trinajstić information content (AvgIpc) is 3.07. The fourth-order valence-electron chi connectivity index (χ4n) is 4.10. The van der Waals surface area contributed by atoms with Gasteiger partial charge in [-0.15, -0.1) is 0 Å². The maximum atomic E-state index is 11.4. The minimum Gasteiger partial charge on any atom is -0.480 e. The molecule has 0 fully saturated rings. The van der Waals surface area contributed by atoms with E-state index in [0.29, 0.717) is 119 Å². The van der Waals surface area contributed by atoms with Crippen molar-refractivity contribution in [1.29, 1.82) is 0 Å². The smallest absolute Gasteiger partial charge is 0.329 e. The largest absolute Gasteiger partial charge is 0.480 e. The first-order chi connectivity index (χ1) is 23.7.